The van der Waals surface area contributed by atoms with Gasteiger partial charge in [0.05, 0.1) is 10.6 Å². The lowest BCUT2D eigenvalue weighted by atomic mass is 9.86. The molecule has 0 aliphatic heterocycles. The third-order valence-corrected chi connectivity index (χ3v) is 6.22. The van der Waals surface area contributed by atoms with Crippen molar-refractivity contribution in [1.82, 2.24) is 5.32 Å². The van der Waals surface area contributed by atoms with Gasteiger partial charge in [-0.25, -0.2) is 8.42 Å². The number of amides is 1. The van der Waals surface area contributed by atoms with E-state index >= 15 is 0 Å². The Balaban J connectivity index is 1.83. The smallest absolute Gasteiger partial charge is 0.230 e. The molecule has 6 heteroatoms. The largest absolute Gasteiger partial charge is 0.352 e. The van der Waals surface area contributed by atoms with Crippen LogP contribution in [0, 0.1) is 5.92 Å². The van der Waals surface area contributed by atoms with Crippen LogP contribution in [0.25, 0.3) is 0 Å². The molecule has 22 heavy (non-hydrogen) atoms. The molecule has 2 rings (SSSR count). The quantitative estimate of drug-likeness (QED) is 0.837. The molecule has 0 heterocycles. The lowest BCUT2D eigenvalue weighted by molar-refractivity contribution is -0.119. The zero-order chi connectivity index (χ0) is 16.2. The Labute approximate surface area is 137 Å². The molecule has 1 N–H and O–H groups in total. The number of carbonyl (C=O) groups excluding carboxylic acids is 1. The summed E-state index contributed by atoms with van der Waals surface area (Å²) in [5.74, 6) is 0.967. The number of thioether (sulfide) groups is 1. The van der Waals surface area contributed by atoms with E-state index in [1.807, 2.05) is 0 Å². The number of sulfone groups is 1. The van der Waals surface area contributed by atoms with Gasteiger partial charge in [0.25, 0.3) is 0 Å². The lowest BCUT2D eigenvalue weighted by Crippen LogP contribution is -2.41. The number of hydrogen-bond donors (Lipinski definition) is 1. The minimum absolute atomic E-state index is 0.0518. The monoisotopic (exact) mass is 341 g/mol. The topological polar surface area (TPSA) is 63.2 Å². The molecule has 1 aromatic carbocycles. The van der Waals surface area contributed by atoms with Crippen LogP contribution in [0.1, 0.15) is 32.6 Å². The van der Waals surface area contributed by atoms with E-state index in [4.69, 9.17) is 0 Å². The summed E-state index contributed by atoms with van der Waals surface area (Å²) in [7, 11) is -3.16. The molecule has 0 spiro atoms. The van der Waals surface area contributed by atoms with Crippen molar-refractivity contribution in [2.24, 2.45) is 5.92 Å². The molecule has 0 saturated heterocycles. The van der Waals surface area contributed by atoms with Crippen LogP contribution in [0.2, 0.25) is 0 Å². The van der Waals surface area contributed by atoms with Gasteiger partial charge in [-0.15, -0.1) is 11.8 Å². The number of nitrogens with one attached hydrogen (secondary N) is 1. The maximum absolute atomic E-state index is 12.0. The standard InChI is InChI=1S/C16H23NO3S2/c1-12-5-3-4-6-15(12)17-16(18)11-21-13-7-9-14(10-8-13)22(2,19)20/h7-10,12,15H,3-6,11H2,1-2H3,(H,17,18)/t12-,15+/m0/s1. The van der Waals surface area contributed by atoms with Gasteiger partial charge in [0.2, 0.25) is 5.91 Å². The minimum atomic E-state index is -3.16. The van der Waals surface area contributed by atoms with Crippen molar-refractivity contribution in [3.05, 3.63) is 24.3 Å². The zero-order valence-electron chi connectivity index (χ0n) is 13.0. The Bertz CT molecular complexity index is 611. The number of hydrogen-bond acceptors (Lipinski definition) is 4. The van der Waals surface area contributed by atoms with Crippen LogP contribution in [0.4, 0.5) is 0 Å². The second kappa shape index (κ2) is 7.51. The third kappa shape index (κ3) is 5.02. The van der Waals surface area contributed by atoms with Crippen molar-refractivity contribution in [3.63, 3.8) is 0 Å². The fourth-order valence-corrected chi connectivity index (χ4v) is 4.05. The first-order valence-electron chi connectivity index (χ1n) is 7.58. The molecule has 4 nitrogen and oxygen atoms in total. The molecule has 1 aromatic rings. The van der Waals surface area contributed by atoms with Crippen molar-refractivity contribution in [2.75, 3.05) is 12.0 Å². The highest BCUT2D eigenvalue weighted by molar-refractivity contribution is 8.00. The second-order valence-corrected chi connectivity index (χ2v) is 9.03. The molecule has 2 atom stereocenters. The van der Waals surface area contributed by atoms with Gasteiger partial charge in [-0.2, -0.15) is 0 Å². The van der Waals surface area contributed by atoms with Crippen LogP contribution in [0.3, 0.4) is 0 Å². The van der Waals surface area contributed by atoms with Gasteiger partial charge >= 0.3 is 0 Å². The summed E-state index contributed by atoms with van der Waals surface area (Å²) < 4.78 is 22.8. The average Bonchev–Trinajstić information content (AvgIpc) is 2.47. The van der Waals surface area contributed by atoms with Gasteiger partial charge < -0.3 is 5.32 Å². The van der Waals surface area contributed by atoms with Crippen molar-refractivity contribution < 1.29 is 13.2 Å². The molecule has 122 valence electrons. The van der Waals surface area contributed by atoms with E-state index < -0.39 is 9.84 Å². The first-order valence-corrected chi connectivity index (χ1v) is 10.5. The highest BCUT2D eigenvalue weighted by atomic mass is 32.2. The van der Waals surface area contributed by atoms with Gasteiger partial charge in [0, 0.05) is 17.2 Å². The van der Waals surface area contributed by atoms with Gasteiger partial charge in [-0.3, -0.25) is 4.79 Å². The van der Waals surface area contributed by atoms with Crippen LogP contribution < -0.4 is 5.32 Å². The molecule has 1 aliphatic rings. The summed E-state index contributed by atoms with van der Waals surface area (Å²) in [6, 6.07) is 6.96. The Morgan fingerprint density at radius 3 is 2.45 bits per heavy atom. The Kier molecular flexibility index (Phi) is 5.92. The fourth-order valence-electron chi connectivity index (χ4n) is 2.71. The molecule has 0 bridgehead atoms. The van der Waals surface area contributed by atoms with E-state index in [9.17, 15) is 13.2 Å². The Morgan fingerprint density at radius 2 is 1.86 bits per heavy atom. The molecule has 0 unspecified atom stereocenters. The van der Waals surface area contributed by atoms with E-state index in [0.29, 0.717) is 22.6 Å². The molecule has 1 saturated carbocycles. The Hall–Kier alpha value is -1.01. The molecular formula is C16H23NO3S2. The van der Waals surface area contributed by atoms with Gasteiger partial charge in [0.15, 0.2) is 9.84 Å². The van der Waals surface area contributed by atoms with Crippen LogP contribution in [0.5, 0.6) is 0 Å². The van der Waals surface area contributed by atoms with E-state index in [1.165, 1.54) is 37.3 Å². The predicted molar refractivity (Wildman–Crippen MR) is 89.8 cm³/mol. The van der Waals surface area contributed by atoms with Crippen LogP contribution in [-0.2, 0) is 14.6 Å². The average molecular weight is 341 g/mol. The van der Waals surface area contributed by atoms with Crippen LogP contribution in [0.15, 0.2) is 34.1 Å². The molecule has 1 fully saturated rings. The highest BCUT2D eigenvalue weighted by Crippen LogP contribution is 2.24. The maximum atomic E-state index is 12.0. The number of benzene rings is 1. The van der Waals surface area contributed by atoms with Crippen molar-refractivity contribution >= 4 is 27.5 Å². The van der Waals surface area contributed by atoms with Crippen LogP contribution in [-0.4, -0.2) is 32.4 Å². The van der Waals surface area contributed by atoms with Crippen molar-refractivity contribution in [3.8, 4) is 0 Å². The molecule has 1 aliphatic carbocycles. The summed E-state index contributed by atoms with van der Waals surface area (Å²) in [6.07, 6.45) is 5.89. The van der Waals surface area contributed by atoms with E-state index in [1.54, 1.807) is 24.3 Å². The summed E-state index contributed by atoms with van der Waals surface area (Å²) in [4.78, 5) is 13.2. The summed E-state index contributed by atoms with van der Waals surface area (Å²) >= 11 is 1.43. The fraction of sp³-hybridized carbons (Fsp3) is 0.562. The van der Waals surface area contributed by atoms with E-state index in [2.05, 4.69) is 12.2 Å². The first-order chi connectivity index (χ1) is 10.4. The van der Waals surface area contributed by atoms with Crippen molar-refractivity contribution in [2.45, 2.75) is 48.4 Å². The van der Waals surface area contributed by atoms with E-state index in [-0.39, 0.29) is 5.91 Å². The molecular weight excluding hydrogens is 318 g/mol. The third-order valence-electron chi connectivity index (χ3n) is 4.08. The second-order valence-electron chi connectivity index (χ2n) is 5.97. The number of rotatable bonds is 5. The minimum Gasteiger partial charge on any atom is -0.352 e. The van der Waals surface area contributed by atoms with E-state index in [0.717, 1.165) is 11.3 Å². The Morgan fingerprint density at radius 1 is 1.23 bits per heavy atom. The summed E-state index contributed by atoms with van der Waals surface area (Å²) in [5.41, 5.74) is 0. The van der Waals surface area contributed by atoms with Crippen molar-refractivity contribution in [1.29, 1.82) is 0 Å². The zero-order valence-corrected chi connectivity index (χ0v) is 14.7. The van der Waals surface area contributed by atoms with Gasteiger partial charge in [-0.1, -0.05) is 19.8 Å². The molecule has 0 aromatic heterocycles. The highest BCUT2D eigenvalue weighted by Gasteiger charge is 2.22. The summed E-state index contributed by atoms with van der Waals surface area (Å²) in [6.45, 7) is 2.20. The van der Waals surface area contributed by atoms with Gasteiger partial charge in [-0.05, 0) is 43.0 Å². The normalized spacial score (nSPS) is 22.3. The molecule has 0 radical (unpaired) electrons. The number of carbonyl (C=O) groups is 1. The molecule has 1 amide bonds. The lowest BCUT2D eigenvalue weighted by Gasteiger charge is -2.29. The predicted octanol–water partition coefficient (Wildman–Crippen LogP) is 2.88. The maximum Gasteiger partial charge on any atom is 0.230 e. The van der Waals surface area contributed by atoms with Crippen LogP contribution >= 0.6 is 11.8 Å². The summed E-state index contributed by atoms with van der Waals surface area (Å²) in [5, 5.41) is 3.12. The SMILES string of the molecule is C[C@H]1CCCC[C@H]1NC(=O)CSc1ccc(S(C)(=O)=O)cc1. The first kappa shape index (κ1) is 17.3. The van der Waals surface area contributed by atoms with Gasteiger partial charge in [0.1, 0.15) is 0 Å².